The van der Waals surface area contributed by atoms with Crippen LogP contribution in [0, 0.1) is 11.6 Å². The molecule has 2 aromatic rings. The highest BCUT2D eigenvalue weighted by atomic mass is 19.2. The van der Waals surface area contributed by atoms with E-state index in [2.05, 4.69) is 24.1 Å². The van der Waals surface area contributed by atoms with Crippen molar-refractivity contribution in [3.63, 3.8) is 0 Å². The molecule has 0 atom stereocenters. The van der Waals surface area contributed by atoms with Gasteiger partial charge in [0.15, 0.2) is 11.6 Å². The Kier molecular flexibility index (Phi) is 4.22. The molecule has 1 aromatic carbocycles. The van der Waals surface area contributed by atoms with Gasteiger partial charge in [0, 0.05) is 30.5 Å². The minimum absolute atomic E-state index is 0.381. The van der Waals surface area contributed by atoms with E-state index in [4.69, 9.17) is 0 Å². The minimum atomic E-state index is -0.844. The maximum atomic E-state index is 13.2. The van der Waals surface area contributed by atoms with Gasteiger partial charge in [-0.2, -0.15) is 0 Å². The third-order valence-corrected chi connectivity index (χ3v) is 2.76. The monoisotopic (exact) mass is 262 g/mol. The van der Waals surface area contributed by atoms with E-state index in [1.54, 1.807) is 18.5 Å². The van der Waals surface area contributed by atoms with Crippen molar-refractivity contribution < 1.29 is 8.78 Å². The lowest BCUT2D eigenvalue weighted by molar-refractivity contribution is 0.509. The van der Waals surface area contributed by atoms with Gasteiger partial charge in [-0.25, -0.2) is 8.78 Å². The summed E-state index contributed by atoms with van der Waals surface area (Å²) in [4.78, 5) is 4.13. The van der Waals surface area contributed by atoms with Gasteiger partial charge in [0.05, 0.1) is 0 Å². The standard InChI is InChI=1S/C15H16F2N2/c1-10(2)19-8-11-5-13(9-18-7-11)12-3-4-14(16)15(17)6-12/h3-7,9-10,19H,8H2,1-2H3. The first-order valence-corrected chi connectivity index (χ1v) is 6.19. The van der Waals surface area contributed by atoms with Crippen molar-refractivity contribution in [3.8, 4) is 11.1 Å². The van der Waals surface area contributed by atoms with E-state index in [9.17, 15) is 8.78 Å². The molecule has 0 unspecified atom stereocenters. The number of benzene rings is 1. The van der Waals surface area contributed by atoms with Crippen molar-refractivity contribution in [2.45, 2.75) is 26.4 Å². The van der Waals surface area contributed by atoms with E-state index in [0.29, 0.717) is 18.2 Å². The highest BCUT2D eigenvalue weighted by molar-refractivity contribution is 5.63. The Bertz CT molecular complexity index is 568. The second kappa shape index (κ2) is 5.89. The first kappa shape index (κ1) is 13.6. The molecule has 1 aromatic heterocycles. The maximum absolute atomic E-state index is 13.2. The fourth-order valence-electron chi connectivity index (χ4n) is 1.74. The largest absolute Gasteiger partial charge is 0.310 e. The number of nitrogens with zero attached hydrogens (tertiary/aromatic N) is 1. The third kappa shape index (κ3) is 3.58. The zero-order valence-corrected chi connectivity index (χ0v) is 11.0. The Morgan fingerprint density at radius 3 is 2.53 bits per heavy atom. The smallest absolute Gasteiger partial charge is 0.159 e. The molecule has 2 rings (SSSR count). The summed E-state index contributed by atoms with van der Waals surface area (Å²) in [6.45, 7) is 4.82. The molecule has 4 heteroatoms. The van der Waals surface area contributed by atoms with Crippen molar-refractivity contribution in [2.24, 2.45) is 0 Å². The van der Waals surface area contributed by atoms with Gasteiger partial charge in [-0.3, -0.25) is 4.98 Å². The molecule has 0 fully saturated rings. The van der Waals surface area contributed by atoms with E-state index in [-0.39, 0.29) is 0 Å². The van der Waals surface area contributed by atoms with Gasteiger partial charge >= 0.3 is 0 Å². The van der Waals surface area contributed by atoms with Crippen LogP contribution in [-0.4, -0.2) is 11.0 Å². The molecule has 1 heterocycles. The van der Waals surface area contributed by atoms with Crippen LogP contribution in [0.15, 0.2) is 36.7 Å². The molecule has 0 saturated carbocycles. The van der Waals surface area contributed by atoms with E-state index in [1.165, 1.54) is 6.07 Å². The fourth-order valence-corrected chi connectivity index (χ4v) is 1.74. The molecular formula is C15H16F2N2. The quantitative estimate of drug-likeness (QED) is 0.911. The van der Waals surface area contributed by atoms with Gasteiger partial charge in [0.2, 0.25) is 0 Å². The lowest BCUT2D eigenvalue weighted by Gasteiger charge is -2.09. The lowest BCUT2D eigenvalue weighted by atomic mass is 10.1. The number of pyridine rings is 1. The molecule has 0 aliphatic carbocycles. The van der Waals surface area contributed by atoms with E-state index >= 15 is 0 Å². The van der Waals surface area contributed by atoms with Gasteiger partial charge in [-0.05, 0) is 29.3 Å². The average Bonchev–Trinajstić information content (AvgIpc) is 2.40. The van der Waals surface area contributed by atoms with Gasteiger partial charge in [-0.15, -0.1) is 0 Å². The van der Waals surface area contributed by atoms with Crippen LogP contribution in [0.5, 0.6) is 0 Å². The van der Waals surface area contributed by atoms with Gasteiger partial charge in [0.25, 0.3) is 0 Å². The zero-order chi connectivity index (χ0) is 13.8. The topological polar surface area (TPSA) is 24.9 Å². The first-order valence-electron chi connectivity index (χ1n) is 6.19. The van der Waals surface area contributed by atoms with Crippen LogP contribution in [0.25, 0.3) is 11.1 Å². The molecule has 0 spiro atoms. The second-order valence-electron chi connectivity index (χ2n) is 4.75. The summed E-state index contributed by atoms with van der Waals surface area (Å²) >= 11 is 0. The highest BCUT2D eigenvalue weighted by Crippen LogP contribution is 2.21. The SMILES string of the molecule is CC(C)NCc1cncc(-c2ccc(F)c(F)c2)c1. The van der Waals surface area contributed by atoms with Crippen molar-refractivity contribution in [2.75, 3.05) is 0 Å². The summed E-state index contributed by atoms with van der Waals surface area (Å²) in [5.74, 6) is -1.68. The van der Waals surface area contributed by atoms with Crippen LogP contribution < -0.4 is 5.32 Å². The Morgan fingerprint density at radius 2 is 1.84 bits per heavy atom. The summed E-state index contributed by atoms with van der Waals surface area (Å²) < 4.78 is 26.1. The number of halogens is 2. The average molecular weight is 262 g/mol. The Labute approximate surface area is 111 Å². The molecule has 0 aliphatic heterocycles. The van der Waals surface area contributed by atoms with Crippen molar-refractivity contribution in [1.29, 1.82) is 0 Å². The number of hydrogen-bond donors (Lipinski definition) is 1. The van der Waals surface area contributed by atoms with Crippen LogP contribution in [0.4, 0.5) is 8.78 Å². The Morgan fingerprint density at radius 1 is 1.05 bits per heavy atom. The summed E-state index contributed by atoms with van der Waals surface area (Å²) in [6, 6.07) is 6.17. The normalized spacial score (nSPS) is 11.0. The molecule has 1 N–H and O–H groups in total. The highest BCUT2D eigenvalue weighted by Gasteiger charge is 2.05. The molecule has 2 nitrogen and oxygen atoms in total. The zero-order valence-electron chi connectivity index (χ0n) is 11.0. The fraction of sp³-hybridized carbons (Fsp3) is 0.267. The van der Waals surface area contributed by atoms with Crippen molar-refractivity contribution >= 4 is 0 Å². The molecule has 0 amide bonds. The third-order valence-electron chi connectivity index (χ3n) is 2.76. The second-order valence-corrected chi connectivity index (χ2v) is 4.75. The van der Waals surface area contributed by atoms with Gasteiger partial charge in [-0.1, -0.05) is 19.9 Å². The van der Waals surface area contributed by atoms with E-state index in [1.807, 2.05) is 6.07 Å². The number of aromatic nitrogens is 1. The van der Waals surface area contributed by atoms with Crippen LogP contribution in [0.1, 0.15) is 19.4 Å². The predicted octanol–water partition coefficient (Wildman–Crippen LogP) is 3.52. The first-order chi connectivity index (χ1) is 9.06. The maximum Gasteiger partial charge on any atom is 0.159 e. The molecule has 100 valence electrons. The van der Waals surface area contributed by atoms with Crippen LogP contribution in [-0.2, 0) is 6.54 Å². The molecule has 19 heavy (non-hydrogen) atoms. The molecule has 0 bridgehead atoms. The van der Waals surface area contributed by atoms with E-state index < -0.39 is 11.6 Å². The molecule has 0 radical (unpaired) electrons. The number of nitrogens with one attached hydrogen (secondary N) is 1. The van der Waals surface area contributed by atoms with Gasteiger partial charge in [0.1, 0.15) is 0 Å². The van der Waals surface area contributed by atoms with Crippen molar-refractivity contribution in [3.05, 3.63) is 53.9 Å². The van der Waals surface area contributed by atoms with Crippen LogP contribution >= 0.6 is 0 Å². The molecular weight excluding hydrogens is 246 g/mol. The predicted molar refractivity (Wildman–Crippen MR) is 71.6 cm³/mol. The summed E-state index contributed by atoms with van der Waals surface area (Å²) in [5, 5.41) is 3.29. The van der Waals surface area contributed by atoms with Gasteiger partial charge < -0.3 is 5.32 Å². The number of hydrogen-bond acceptors (Lipinski definition) is 2. The van der Waals surface area contributed by atoms with E-state index in [0.717, 1.165) is 17.2 Å². The Hall–Kier alpha value is -1.81. The lowest BCUT2D eigenvalue weighted by Crippen LogP contribution is -2.21. The van der Waals surface area contributed by atoms with Crippen LogP contribution in [0.2, 0.25) is 0 Å². The summed E-state index contributed by atoms with van der Waals surface area (Å²) in [6.07, 6.45) is 3.41. The molecule has 0 aliphatic rings. The Balaban J connectivity index is 2.24. The summed E-state index contributed by atoms with van der Waals surface area (Å²) in [5.41, 5.74) is 2.41. The summed E-state index contributed by atoms with van der Waals surface area (Å²) in [7, 11) is 0. The molecule has 0 saturated heterocycles. The number of rotatable bonds is 4. The van der Waals surface area contributed by atoms with Crippen molar-refractivity contribution in [1.82, 2.24) is 10.3 Å². The van der Waals surface area contributed by atoms with Crippen LogP contribution in [0.3, 0.4) is 0 Å². The minimum Gasteiger partial charge on any atom is -0.310 e.